The number of carbonyl (C=O) groups excluding carboxylic acids is 2. The lowest BCUT2D eigenvalue weighted by Gasteiger charge is -2.22. The molecule has 2 heterocycles. The first-order valence-corrected chi connectivity index (χ1v) is 12.9. The van der Waals surface area contributed by atoms with Gasteiger partial charge in [-0.2, -0.15) is 0 Å². The average Bonchev–Trinajstić information content (AvgIpc) is 3.27. The topological polar surface area (TPSA) is 83.6 Å². The molecule has 2 aromatic rings. The third-order valence-electron chi connectivity index (χ3n) is 5.91. The molecule has 1 aliphatic heterocycles. The second kappa shape index (κ2) is 8.61. The number of carbonyl (C=O) groups is 2. The van der Waals surface area contributed by atoms with Gasteiger partial charge < -0.3 is 5.32 Å². The third-order valence-corrected chi connectivity index (χ3v) is 8.87. The molecule has 0 saturated carbocycles. The zero-order valence-electron chi connectivity index (χ0n) is 17.0. The molecular formula is C22H26N2O4S2. The number of rotatable bonds is 6. The Hall–Kier alpha value is -2.03. The molecule has 0 spiro atoms. The number of nitrogens with one attached hydrogen (secondary N) is 1. The van der Waals surface area contributed by atoms with Crippen LogP contribution in [0.3, 0.4) is 0 Å². The van der Waals surface area contributed by atoms with Crippen LogP contribution in [-0.4, -0.2) is 56.1 Å². The molecule has 1 aromatic heterocycles. The van der Waals surface area contributed by atoms with Crippen molar-refractivity contribution in [1.29, 1.82) is 0 Å². The Morgan fingerprint density at radius 3 is 2.60 bits per heavy atom. The summed E-state index contributed by atoms with van der Waals surface area (Å²) in [5, 5.41) is 3.58. The molecule has 1 amide bonds. The van der Waals surface area contributed by atoms with Crippen LogP contribution in [0.15, 0.2) is 30.3 Å². The smallest absolute Gasteiger partial charge is 0.239 e. The molecule has 0 bridgehead atoms. The Labute approximate surface area is 181 Å². The van der Waals surface area contributed by atoms with Gasteiger partial charge in [0, 0.05) is 16.5 Å². The van der Waals surface area contributed by atoms with Crippen molar-refractivity contribution >= 4 is 37.9 Å². The van der Waals surface area contributed by atoms with Gasteiger partial charge in [0.2, 0.25) is 5.91 Å². The molecule has 30 heavy (non-hydrogen) atoms. The summed E-state index contributed by atoms with van der Waals surface area (Å²) in [6.45, 7) is 0.0989. The molecular weight excluding hydrogens is 420 g/mol. The number of anilines is 1. The summed E-state index contributed by atoms with van der Waals surface area (Å²) in [4.78, 5) is 29.0. The van der Waals surface area contributed by atoms with Crippen molar-refractivity contribution in [3.05, 3.63) is 51.9 Å². The van der Waals surface area contributed by atoms with E-state index in [4.69, 9.17) is 0 Å². The molecule has 1 aliphatic carbocycles. The summed E-state index contributed by atoms with van der Waals surface area (Å²) >= 11 is 1.51. The molecule has 1 fully saturated rings. The number of hydrogen-bond acceptors (Lipinski definition) is 6. The number of fused-ring (bicyclic) bond motifs is 1. The van der Waals surface area contributed by atoms with E-state index in [1.807, 2.05) is 18.2 Å². The molecule has 160 valence electrons. The summed E-state index contributed by atoms with van der Waals surface area (Å²) in [5.74, 6) is 0.00165. The van der Waals surface area contributed by atoms with E-state index in [1.165, 1.54) is 16.2 Å². The maximum atomic E-state index is 13.3. The summed E-state index contributed by atoms with van der Waals surface area (Å²) in [6.07, 6.45) is 4.49. The van der Waals surface area contributed by atoms with Gasteiger partial charge in [-0.15, -0.1) is 11.3 Å². The van der Waals surface area contributed by atoms with Crippen LogP contribution in [0.2, 0.25) is 0 Å². The number of likely N-dealkylation sites (N-methyl/N-ethyl adjacent to an activating group) is 1. The lowest BCUT2D eigenvalue weighted by Crippen LogP contribution is -2.38. The van der Waals surface area contributed by atoms with Gasteiger partial charge in [0.25, 0.3) is 0 Å². The Morgan fingerprint density at radius 1 is 1.17 bits per heavy atom. The summed E-state index contributed by atoms with van der Waals surface area (Å²) < 4.78 is 23.5. The van der Waals surface area contributed by atoms with Gasteiger partial charge >= 0.3 is 0 Å². The van der Waals surface area contributed by atoms with Crippen molar-refractivity contribution in [1.82, 2.24) is 4.90 Å². The summed E-state index contributed by atoms with van der Waals surface area (Å²) in [7, 11) is -1.22. The van der Waals surface area contributed by atoms with Gasteiger partial charge in [0.1, 0.15) is 5.00 Å². The van der Waals surface area contributed by atoms with E-state index in [0.717, 1.165) is 31.2 Å². The second-order valence-electron chi connectivity index (χ2n) is 8.13. The van der Waals surface area contributed by atoms with E-state index in [-0.39, 0.29) is 35.8 Å². The first-order chi connectivity index (χ1) is 14.3. The Balaban J connectivity index is 1.54. The lowest BCUT2D eigenvalue weighted by atomic mass is 9.92. The number of amides is 1. The normalized spacial score (nSPS) is 20.1. The van der Waals surface area contributed by atoms with Crippen LogP contribution >= 0.6 is 11.3 Å². The summed E-state index contributed by atoms with van der Waals surface area (Å²) in [5.41, 5.74) is 2.32. The number of benzene rings is 1. The van der Waals surface area contributed by atoms with Crippen molar-refractivity contribution in [2.45, 2.75) is 38.1 Å². The first kappa shape index (κ1) is 21.2. The van der Waals surface area contributed by atoms with E-state index in [2.05, 4.69) is 5.32 Å². The fourth-order valence-corrected chi connectivity index (χ4v) is 7.38. The highest BCUT2D eigenvalue weighted by Crippen LogP contribution is 2.39. The predicted molar refractivity (Wildman–Crippen MR) is 119 cm³/mol. The maximum Gasteiger partial charge on any atom is 0.239 e. The van der Waals surface area contributed by atoms with Gasteiger partial charge in [-0.05, 0) is 44.7 Å². The minimum atomic E-state index is -3.00. The number of thiophene rings is 1. The fourth-order valence-electron chi connectivity index (χ4n) is 4.27. The molecule has 1 aromatic carbocycles. The zero-order valence-corrected chi connectivity index (χ0v) is 18.7. The van der Waals surface area contributed by atoms with Crippen molar-refractivity contribution in [3.8, 4) is 0 Å². The fraction of sp³-hybridized carbons (Fsp3) is 0.455. The van der Waals surface area contributed by atoms with Gasteiger partial charge in [0.05, 0.1) is 23.6 Å². The zero-order chi connectivity index (χ0) is 21.3. The average molecular weight is 447 g/mol. The number of nitrogens with zero attached hydrogens (tertiary/aromatic N) is 1. The Kier molecular flexibility index (Phi) is 6.09. The van der Waals surface area contributed by atoms with E-state index < -0.39 is 9.84 Å². The van der Waals surface area contributed by atoms with Crippen molar-refractivity contribution in [2.75, 3.05) is 30.4 Å². The van der Waals surface area contributed by atoms with Crippen molar-refractivity contribution in [3.63, 3.8) is 0 Å². The standard InChI is InChI=1S/C22H26N2O4S2/c1-24(16-11-12-30(27,28)14-16)13-19(25)23-22-20(17-9-5-6-10-18(17)29-22)21(26)15-7-3-2-4-8-15/h2-4,7-8,16H,5-6,9-14H2,1H3,(H,23,25). The van der Waals surface area contributed by atoms with Crippen LogP contribution in [-0.2, 0) is 27.5 Å². The van der Waals surface area contributed by atoms with Crippen LogP contribution in [0.1, 0.15) is 45.6 Å². The number of aryl methyl sites for hydroxylation is 1. The molecule has 8 heteroatoms. The minimum Gasteiger partial charge on any atom is -0.316 e. The number of ketones is 1. The number of hydrogen-bond donors (Lipinski definition) is 1. The van der Waals surface area contributed by atoms with E-state index in [9.17, 15) is 18.0 Å². The van der Waals surface area contributed by atoms with Gasteiger partial charge in [-0.3, -0.25) is 14.5 Å². The summed E-state index contributed by atoms with van der Waals surface area (Å²) in [6, 6.07) is 9.03. The molecule has 1 unspecified atom stereocenters. The Morgan fingerprint density at radius 2 is 1.90 bits per heavy atom. The molecule has 6 nitrogen and oxygen atoms in total. The van der Waals surface area contributed by atoms with Crippen LogP contribution in [0.25, 0.3) is 0 Å². The highest BCUT2D eigenvalue weighted by Gasteiger charge is 2.32. The predicted octanol–water partition coefficient (Wildman–Crippen LogP) is 2.92. The molecule has 1 N–H and O–H groups in total. The highest BCUT2D eigenvalue weighted by molar-refractivity contribution is 7.91. The molecule has 1 saturated heterocycles. The van der Waals surface area contributed by atoms with E-state index >= 15 is 0 Å². The van der Waals surface area contributed by atoms with Crippen molar-refractivity contribution < 1.29 is 18.0 Å². The lowest BCUT2D eigenvalue weighted by molar-refractivity contribution is -0.117. The van der Waals surface area contributed by atoms with Gasteiger partial charge in [-0.1, -0.05) is 30.3 Å². The second-order valence-corrected chi connectivity index (χ2v) is 11.5. The van der Waals surface area contributed by atoms with Gasteiger partial charge in [0.15, 0.2) is 15.6 Å². The first-order valence-electron chi connectivity index (χ1n) is 10.3. The largest absolute Gasteiger partial charge is 0.316 e. The molecule has 4 rings (SSSR count). The van der Waals surface area contributed by atoms with Crippen LogP contribution in [0.5, 0.6) is 0 Å². The van der Waals surface area contributed by atoms with Gasteiger partial charge in [-0.25, -0.2) is 8.42 Å². The quantitative estimate of drug-likeness (QED) is 0.690. The molecule has 1 atom stereocenters. The monoisotopic (exact) mass is 446 g/mol. The SMILES string of the molecule is CN(CC(=O)Nc1sc2c(c1C(=O)c1ccccc1)CCCC2)C1CCS(=O)(=O)C1. The van der Waals surface area contributed by atoms with E-state index in [0.29, 0.717) is 22.5 Å². The Bertz CT molecular complexity index is 1060. The van der Waals surface area contributed by atoms with Crippen LogP contribution < -0.4 is 5.32 Å². The molecule has 2 aliphatic rings. The third kappa shape index (κ3) is 4.50. The maximum absolute atomic E-state index is 13.3. The highest BCUT2D eigenvalue weighted by atomic mass is 32.2. The molecule has 0 radical (unpaired) electrons. The van der Waals surface area contributed by atoms with Crippen LogP contribution in [0, 0.1) is 0 Å². The number of sulfone groups is 1. The minimum absolute atomic E-state index is 0.0551. The van der Waals surface area contributed by atoms with Crippen molar-refractivity contribution in [2.24, 2.45) is 0 Å². The van der Waals surface area contributed by atoms with E-state index in [1.54, 1.807) is 24.1 Å². The van der Waals surface area contributed by atoms with Crippen LogP contribution in [0.4, 0.5) is 5.00 Å².